The van der Waals surface area contributed by atoms with Crippen LogP contribution in [0.25, 0.3) is 0 Å². The van der Waals surface area contributed by atoms with Crippen LogP contribution in [0.2, 0.25) is 0 Å². The Balaban J connectivity index is 1.88. The Labute approximate surface area is 132 Å². The number of rotatable bonds is 5. The van der Waals surface area contributed by atoms with Crippen molar-refractivity contribution < 1.29 is 9.47 Å². The van der Waals surface area contributed by atoms with Gasteiger partial charge in [0.25, 0.3) is 0 Å². The summed E-state index contributed by atoms with van der Waals surface area (Å²) in [6.07, 6.45) is 0.893. The monoisotopic (exact) mass is 297 g/mol. The van der Waals surface area contributed by atoms with E-state index in [0.717, 1.165) is 37.4 Å². The topological polar surface area (TPSA) is 30.5 Å². The van der Waals surface area contributed by atoms with Gasteiger partial charge in [0.05, 0.1) is 6.61 Å². The molecule has 1 aliphatic heterocycles. The molecule has 22 heavy (non-hydrogen) atoms. The zero-order chi connectivity index (χ0) is 15.2. The van der Waals surface area contributed by atoms with Crippen molar-refractivity contribution in [2.45, 2.75) is 25.6 Å². The van der Waals surface area contributed by atoms with Crippen LogP contribution >= 0.6 is 0 Å². The van der Waals surface area contributed by atoms with Crippen LogP contribution in [-0.4, -0.2) is 25.8 Å². The molecule has 0 radical (unpaired) electrons. The van der Waals surface area contributed by atoms with Crippen LogP contribution in [0.4, 0.5) is 0 Å². The third kappa shape index (κ3) is 3.49. The average molecular weight is 297 g/mol. The lowest BCUT2D eigenvalue weighted by molar-refractivity contribution is -0.0434. The Morgan fingerprint density at radius 1 is 1.14 bits per heavy atom. The zero-order valence-corrected chi connectivity index (χ0v) is 13.0. The molecule has 3 heteroatoms. The number of hydrogen-bond acceptors (Lipinski definition) is 3. The number of morpholine rings is 1. The summed E-state index contributed by atoms with van der Waals surface area (Å²) in [6.45, 7) is 4.60. The number of benzene rings is 2. The fourth-order valence-corrected chi connectivity index (χ4v) is 2.83. The molecule has 2 atom stereocenters. The highest BCUT2D eigenvalue weighted by Gasteiger charge is 2.28. The quantitative estimate of drug-likeness (QED) is 0.918. The lowest BCUT2D eigenvalue weighted by Gasteiger charge is -2.32. The molecule has 1 fully saturated rings. The lowest BCUT2D eigenvalue weighted by Crippen LogP contribution is -2.43. The molecule has 3 rings (SSSR count). The van der Waals surface area contributed by atoms with Crippen LogP contribution in [0.15, 0.2) is 54.6 Å². The molecule has 1 N–H and O–H groups in total. The Kier molecular flexibility index (Phi) is 5.09. The van der Waals surface area contributed by atoms with Crippen molar-refractivity contribution in [3.63, 3.8) is 0 Å². The third-order valence-corrected chi connectivity index (χ3v) is 4.03. The van der Waals surface area contributed by atoms with E-state index in [0.29, 0.717) is 0 Å². The summed E-state index contributed by atoms with van der Waals surface area (Å²) in [5, 5.41) is 3.39. The third-order valence-electron chi connectivity index (χ3n) is 4.03. The van der Waals surface area contributed by atoms with E-state index in [1.54, 1.807) is 0 Å². The highest BCUT2D eigenvalue weighted by atomic mass is 16.5. The van der Waals surface area contributed by atoms with E-state index >= 15 is 0 Å². The van der Waals surface area contributed by atoms with Crippen LogP contribution in [-0.2, 0) is 11.2 Å². The second-order valence-electron chi connectivity index (χ2n) is 5.52. The summed E-state index contributed by atoms with van der Waals surface area (Å²) in [6, 6.07) is 18.6. The second-order valence-corrected chi connectivity index (χ2v) is 5.52. The summed E-state index contributed by atoms with van der Waals surface area (Å²) in [4.78, 5) is 0. The molecule has 116 valence electrons. The fourth-order valence-electron chi connectivity index (χ4n) is 2.83. The van der Waals surface area contributed by atoms with Crippen molar-refractivity contribution in [3.8, 4) is 5.75 Å². The minimum Gasteiger partial charge on any atom is -0.483 e. The maximum Gasteiger partial charge on any atom is 0.151 e. The summed E-state index contributed by atoms with van der Waals surface area (Å²) >= 11 is 0. The Hall–Kier alpha value is -1.84. The van der Waals surface area contributed by atoms with Gasteiger partial charge in [0.1, 0.15) is 11.9 Å². The van der Waals surface area contributed by atoms with E-state index in [-0.39, 0.29) is 12.2 Å². The number of aryl methyl sites for hydroxylation is 1. The number of hydrogen-bond donors (Lipinski definition) is 1. The van der Waals surface area contributed by atoms with E-state index in [4.69, 9.17) is 9.47 Å². The van der Waals surface area contributed by atoms with E-state index in [1.165, 1.54) is 5.56 Å². The summed E-state index contributed by atoms with van der Waals surface area (Å²) in [7, 11) is 0. The van der Waals surface area contributed by atoms with Gasteiger partial charge < -0.3 is 14.8 Å². The molecule has 1 saturated heterocycles. The van der Waals surface area contributed by atoms with Gasteiger partial charge >= 0.3 is 0 Å². The summed E-state index contributed by atoms with van der Waals surface area (Å²) in [5.74, 6) is 0.952. The van der Waals surface area contributed by atoms with E-state index in [9.17, 15) is 0 Å². The normalized spacial score (nSPS) is 19.6. The van der Waals surface area contributed by atoms with Gasteiger partial charge in [-0.2, -0.15) is 0 Å². The first-order valence-corrected chi connectivity index (χ1v) is 8.00. The van der Waals surface area contributed by atoms with Gasteiger partial charge in [0, 0.05) is 13.1 Å². The predicted molar refractivity (Wildman–Crippen MR) is 88.2 cm³/mol. The van der Waals surface area contributed by atoms with E-state index in [2.05, 4.69) is 36.5 Å². The minimum absolute atomic E-state index is 0.0288. The van der Waals surface area contributed by atoms with Gasteiger partial charge in [0.2, 0.25) is 0 Å². The van der Waals surface area contributed by atoms with Crippen molar-refractivity contribution in [1.29, 1.82) is 0 Å². The van der Waals surface area contributed by atoms with Gasteiger partial charge in [0.15, 0.2) is 6.10 Å². The molecule has 2 aromatic carbocycles. The molecule has 0 aromatic heterocycles. The summed E-state index contributed by atoms with van der Waals surface area (Å²) < 4.78 is 12.3. The van der Waals surface area contributed by atoms with Crippen LogP contribution in [0, 0.1) is 0 Å². The molecular formula is C19H23NO2. The summed E-state index contributed by atoms with van der Waals surface area (Å²) in [5.41, 5.74) is 2.38. The van der Waals surface area contributed by atoms with E-state index in [1.807, 2.05) is 30.3 Å². The van der Waals surface area contributed by atoms with E-state index < -0.39 is 0 Å². The maximum atomic E-state index is 6.40. The molecule has 0 saturated carbocycles. The second kappa shape index (κ2) is 7.43. The van der Waals surface area contributed by atoms with Crippen molar-refractivity contribution >= 4 is 0 Å². The molecular weight excluding hydrogens is 274 g/mol. The van der Waals surface area contributed by atoms with Crippen LogP contribution < -0.4 is 10.1 Å². The largest absolute Gasteiger partial charge is 0.483 e. The first kappa shape index (κ1) is 15.1. The molecule has 0 amide bonds. The predicted octanol–water partition coefficient (Wildman–Crippen LogP) is 3.36. The first-order chi connectivity index (χ1) is 10.9. The highest BCUT2D eigenvalue weighted by Crippen LogP contribution is 2.29. The minimum atomic E-state index is -0.0956. The van der Waals surface area contributed by atoms with Gasteiger partial charge in [-0.15, -0.1) is 0 Å². The van der Waals surface area contributed by atoms with Crippen molar-refractivity contribution in [1.82, 2.24) is 5.32 Å². The van der Waals surface area contributed by atoms with Crippen LogP contribution in [0.3, 0.4) is 0 Å². The first-order valence-electron chi connectivity index (χ1n) is 8.00. The fraction of sp³-hybridized carbons (Fsp3) is 0.368. The number of nitrogens with one attached hydrogen (secondary N) is 1. The SMILES string of the molecule is CCc1ccccc1O[C@@H](c1ccccc1)[C@@H]1CNCCO1. The van der Waals surface area contributed by atoms with Crippen molar-refractivity contribution in [3.05, 3.63) is 65.7 Å². The molecule has 0 unspecified atom stereocenters. The standard InChI is InChI=1S/C19H23NO2/c1-2-15-8-6-7-11-17(15)22-19(16-9-4-3-5-10-16)18-14-20-12-13-21-18/h3-11,18-20H,2,12-14H2,1H3/t18-,19-/m0/s1. The van der Waals surface area contributed by atoms with Crippen molar-refractivity contribution in [2.24, 2.45) is 0 Å². The molecule has 3 nitrogen and oxygen atoms in total. The van der Waals surface area contributed by atoms with Gasteiger partial charge in [-0.1, -0.05) is 55.5 Å². The Bertz CT molecular complexity index is 579. The lowest BCUT2D eigenvalue weighted by atomic mass is 10.0. The number of para-hydroxylation sites is 1. The van der Waals surface area contributed by atoms with Gasteiger partial charge in [-0.25, -0.2) is 0 Å². The maximum absolute atomic E-state index is 6.40. The van der Waals surface area contributed by atoms with Gasteiger partial charge in [-0.3, -0.25) is 0 Å². The molecule has 0 bridgehead atoms. The molecule has 2 aromatic rings. The van der Waals surface area contributed by atoms with Crippen LogP contribution in [0.5, 0.6) is 5.75 Å². The average Bonchev–Trinajstić information content (AvgIpc) is 2.61. The van der Waals surface area contributed by atoms with Crippen LogP contribution in [0.1, 0.15) is 24.2 Å². The smallest absolute Gasteiger partial charge is 0.151 e. The van der Waals surface area contributed by atoms with Crippen molar-refractivity contribution in [2.75, 3.05) is 19.7 Å². The number of ether oxygens (including phenoxy) is 2. The molecule has 1 aliphatic rings. The molecule has 0 aliphatic carbocycles. The molecule has 0 spiro atoms. The Morgan fingerprint density at radius 3 is 2.64 bits per heavy atom. The zero-order valence-electron chi connectivity index (χ0n) is 13.0. The molecule has 1 heterocycles. The highest BCUT2D eigenvalue weighted by molar-refractivity contribution is 5.34. The Morgan fingerprint density at radius 2 is 1.91 bits per heavy atom. The van der Waals surface area contributed by atoms with Gasteiger partial charge in [-0.05, 0) is 23.6 Å².